The average molecular weight is 456 g/mol. The van der Waals surface area contributed by atoms with Gasteiger partial charge in [0.2, 0.25) is 5.88 Å². The zero-order valence-corrected chi connectivity index (χ0v) is 17.4. The fraction of sp³-hybridized carbons (Fsp3) is 0.0455. The number of nitrogens with zero attached hydrogens (tertiary/aromatic N) is 1. The van der Waals surface area contributed by atoms with Gasteiger partial charge in [0.05, 0.1) is 10.7 Å². The predicted molar refractivity (Wildman–Crippen MR) is 120 cm³/mol. The third-order valence-electron chi connectivity index (χ3n) is 4.55. The largest absolute Gasteiger partial charge is 0.493 e. The van der Waals surface area contributed by atoms with E-state index in [0.29, 0.717) is 33.0 Å². The summed E-state index contributed by atoms with van der Waals surface area (Å²) < 4.78 is 5.22. The average Bonchev–Trinajstić information content (AvgIpc) is 3.27. The molecule has 7 nitrogen and oxygen atoms in total. The first-order chi connectivity index (χ1) is 14.9. The molecule has 3 aromatic rings. The molecule has 0 bridgehead atoms. The van der Waals surface area contributed by atoms with Crippen LogP contribution in [0.15, 0.2) is 64.9 Å². The molecule has 0 saturated carbocycles. The molecule has 4 rings (SSSR count). The molecule has 156 valence electrons. The van der Waals surface area contributed by atoms with Crippen molar-refractivity contribution in [2.75, 3.05) is 6.61 Å². The van der Waals surface area contributed by atoms with E-state index in [-0.39, 0.29) is 23.0 Å². The van der Waals surface area contributed by atoms with Gasteiger partial charge in [-0.3, -0.25) is 4.98 Å². The molecule has 0 radical (unpaired) electrons. The van der Waals surface area contributed by atoms with E-state index in [1.165, 1.54) is 12.1 Å². The lowest BCUT2D eigenvalue weighted by molar-refractivity contribution is -0.134. The lowest BCUT2D eigenvalue weighted by Crippen LogP contribution is -2.18. The second-order valence-corrected chi connectivity index (χ2v) is 7.39. The first-order valence-electron chi connectivity index (χ1n) is 9.08. The SMILES string of the molecule is C=CCOC(=O)C1=Nc2cc(Cl)cc(Cl)c2C1=C(c1ccccc1)c1[nH]c(=O)[nH]c1O. The molecule has 31 heavy (non-hydrogen) atoms. The maximum Gasteiger partial charge on any atom is 0.357 e. The molecule has 1 aromatic heterocycles. The van der Waals surface area contributed by atoms with Crippen LogP contribution in [-0.2, 0) is 9.53 Å². The van der Waals surface area contributed by atoms with Crippen LogP contribution in [0.3, 0.4) is 0 Å². The molecule has 0 fully saturated rings. The van der Waals surface area contributed by atoms with E-state index in [1.54, 1.807) is 30.3 Å². The number of hydrogen-bond donors (Lipinski definition) is 3. The number of H-pyrrole nitrogens is 2. The lowest BCUT2D eigenvalue weighted by Gasteiger charge is -2.14. The summed E-state index contributed by atoms with van der Waals surface area (Å²) in [6.07, 6.45) is 1.43. The molecule has 0 amide bonds. The van der Waals surface area contributed by atoms with E-state index in [0.717, 1.165) is 0 Å². The molecule has 0 saturated heterocycles. The smallest absolute Gasteiger partial charge is 0.357 e. The number of halogens is 2. The van der Waals surface area contributed by atoms with Crippen LogP contribution in [0, 0.1) is 0 Å². The fourth-order valence-corrected chi connectivity index (χ4v) is 3.94. The number of aliphatic imine (C=N–C) groups is 1. The van der Waals surface area contributed by atoms with Crippen LogP contribution in [0.4, 0.5) is 5.69 Å². The van der Waals surface area contributed by atoms with Crippen LogP contribution in [0.1, 0.15) is 16.8 Å². The molecular weight excluding hydrogens is 441 g/mol. The zero-order chi connectivity index (χ0) is 22.1. The van der Waals surface area contributed by atoms with E-state index >= 15 is 0 Å². The number of carbonyl (C=O) groups excluding carboxylic acids is 1. The van der Waals surface area contributed by atoms with E-state index < -0.39 is 17.5 Å². The number of aromatic hydroxyl groups is 1. The van der Waals surface area contributed by atoms with Gasteiger partial charge in [0.1, 0.15) is 12.3 Å². The van der Waals surface area contributed by atoms with E-state index in [2.05, 4.69) is 21.5 Å². The number of fused-ring (bicyclic) bond motifs is 1. The van der Waals surface area contributed by atoms with Crippen molar-refractivity contribution in [1.82, 2.24) is 9.97 Å². The first-order valence-corrected chi connectivity index (χ1v) is 9.84. The summed E-state index contributed by atoms with van der Waals surface area (Å²) in [5, 5.41) is 11.0. The van der Waals surface area contributed by atoms with E-state index in [9.17, 15) is 14.7 Å². The summed E-state index contributed by atoms with van der Waals surface area (Å²) in [4.78, 5) is 34.1. The molecule has 0 atom stereocenters. The Kier molecular flexibility index (Phi) is 5.54. The highest BCUT2D eigenvalue weighted by molar-refractivity contribution is 6.60. The standard InChI is InChI=1S/C22H15Cl2N3O4/c1-2-8-31-21(29)19-17(16-13(24)9-12(23)10-14(16)25-19)15(11-6-4-3-5-7-11)18-20(28)27-22(30)26-18/h2-7,9-10,28H,1,8H2,(H2,26,27,30). The number of esters is 1. The van der Waals surface area contributed by atoms with Crippen molar-refractivity contribution in [1.29, 1.82) is 0 Å². The Hall–Kier alpha value is -3.55. The second kappa shape index (κ2) is 8.29. The second-order valence-electron chi connectivity index (χ2n) is 6.55. The molecule has 2 aromatic carbocycles. The molecule has 0 aliphatic carbocycles. The topological polar surface area (TPSA) is 108 Å². The molecule has 1 aliphatic rings. The van der Waals surface area contributed by atoms with Gasteiger partial charge in [-0.2, -0.15) is 0 Å². The van der Waals surface area contributed by atoms with Gasteiger partial charge in [0.15, 0.2) is 5.71 Å². The summed E-state index contributed by atoms with van der Waals surface area (Å²) in [6.45, 7) is 3.52. The van der Waals surface area contributed by atoms with E-state index in [1.807, 2.05) is 6.07 Å². The number of nitrogens with one attached hydrogen (secondary N) is 2. The third-order valence-corrected chi connectivity index (χ3v) is 5.06. The van der Waals surface area contributed by atoms with Crippen molar-refractivity contribution in [3.05, 3.63) is 92.5 Å². The maximum atomic E-state index is 12.9. The van der Waals surface area contributed by atoms with Crippen LogP contribution >= 0.6 is 23.2 Å². The fourth-order valence-electron chi connectivity index (χ4n) is 3.36. The summed E-state index contributed by atoms with van der Waals surface area (Å²) in [5.41, 5.74) is 1.45. The van der Waals surface area contributed by atoms with Gasteiger partial charge >= 0.3 is 11.7 Å². The van der Waals surface area contributed by atoms with Gasteiger partial charge in [-0.1, -0.05) is 66.2 Å². The number of rotatable bonds is 5. The van der Waals surface area contributed by atoms with Crippen molar-refractivity contribution in [2.24, 2.45) is 4.99 Å². The van der Waals surface area contributed by atoms with Gasteiger partial charge in [-0.05, 0) is 17.7 Å². The summed E-state index contributed by atoms with van der Waals surface area (Å²) in [5.74, 6) is -1.11. The van der Waals surface area contributed by atoms with E-state index in [4.69, 9.17) is 27.9 Å². The zero-order valence-electron chi connectivity index (χ0n) is 15.9. The molecular formula is C22H15Cl2N3O4. The van der Waals surface area contributed by atoms with Gasteiger partial charge in [-0.25, -0.2) is 14.6 Å². The molecule has 0 unspecified atom stereocenters. The number of imidazole rings is 1. The minimum absolute atomic E-state index is 0.0249. The van der Waals surface area contributed by atoms with Crippen molar-refractivity contribution in [3.63, 3.8) is 0 Å². The molecule has 9 heteroatoms. The Labute approximate surface area is 186 Å². The Balaban J connectivity index is 2.10. The first kappa shape index (κ1) is 20.7. The Bertz CT molecular complexity index is 1320. The molecule has 3 N–H and O–H groups in total. The molecule has 1 aliphatic heterocycles. The maximum absolute atomic E-state index is 12.9. The van der Waals surface area contributed by atoms with Crippen LogP contribution in [-0.4, -0.2) is 33.4 Å². The predicted octanol–water partition coefficient (Wildman–Crippen LogP) is 4.49. The van der Waals surface area contributed by atoms with Crippen molar-refractivity contribution in [2.45, 2.75) is 0 Å². The van der Waals surface area contributed by atoms with Gasteiger partial charge < -0.3 is 14.8 Å². The van der Waals surface area contributed by atoms with Crippen molar-refractivity contribution >= 4 is 51.7 Å². The molecule has 0 spiro atoms. The number of benzene rings is 2. The monoisotopic (exact) mass is 455 g/mol. The lowest BCUT2D eigenvalue weighted by atomic mass is 9.90. The highest BCUT2D eigenvalue weighted by atomic mass is 35.5. The number of carbonyl (C=O) groups is 1. The minimum atomic E-state index is -0.718. The molecule has 2 heterocycles. The van der Waals surface area contributed by atoms with Crippen LogP contribution in [0.2, 0.25) is 10.0 Å². The highest BCUT2D eigenvalue weighted by Crippen LogP contribution is 2.47. The minimum Gasteiger partial charge on any atom is -0.493 e. The Morgan fingerprint density at radius 2 is 1.94 bits per heavy atom. The number of aromatic amines is 2. The number of aromatic nitrogens is 2. The number of ether oxygens (including phenoxy) is 1. The Morgan fingerprint density at radius 1 is 1.19 bits per heavy atom. The Morgan fingerprint density at radius 3 is 2.58 bits per heavy atom. The van der Waals surface area contributed by atoms with Gasteiger partial charge in [-0.15, -0.1) is 0 Å². The summed E-state index contributed by atoms with van der Waals surface area (Å²) >= 11 is 12.6. The van der Waals surface area contributed by atoms with Crippen molar-refractivity contribution < 1.29 is 14.6 Å². The third kappa shape index (κ3) is 3.81. The van der Waals surface area contributed by atoms with Crippen LogP contribution in [0.5, 0.6) is 5.88 Å². The van der Waals surface area contributed by atoms with Crippen LogP contribution < -0.4 is 5.69 Å². The number of hydrogen-bond acceptors (Lipinski definition) is 5. The van der Waals surface area contributed by atoms with Crippen LogP contribution in [0.25, 0.3) is 11.1 Å². The van der Waals surface area contributed by atoms with Crippen molar-refractivity contribution in [3.8, 4) is 5.88 Å². The summed E-state index contributed by atoms with van der Waals surface area (Å²) in [7, 11) is 0. The normalized spacial score (nSPS) is 14.1. The highest BCUT2D eigenvalue weighted by Gasteiger charge is 2.34. The van der Waals surface area contributed by atoms with Gasteiger partial charge in [0, 0.05) is 21.7 Å². The summed E-state index contributed by atoms with van der Waals surface area (Å²) in [6, 6.07) is 12.0. The van der Waals surface area contributed by atoms with Gasteiger partial charge in [0.25, 0.3) is 0 Å². The quantitative estimate of drug-likeness (QED) is 0.389.